The summed E-state index contributed by atoms with van der Waals surface area (Å²) in [5, 5.41) is 11.6. The predicted molar refractivity (Wildman–Crippen MR) is 66.0 cm³/mol. The summed E-state index contributed by atoms with van der Waals surface area (Å²) >= 11 is 1.71. The van der Waals surface area contributed by atoms with Gasteiger partial charge in [0, 0.05) is 4.88 Å². The summed E-state index contributed by atoms with van der Waals surface area (Å²) in [6.45, 7) is 6.48. The summed E-state index contributed by atoms with van der Waals surface area (Å²) in [7, 11) is 0. The second-order valence-electron chi connectivity index (χ2n) is 4.32. The van der Waals surface area contributed by atoms with Crippen molar-refractivity contribution in [2.45, 2.75) is 45.4 Å². The SMILES string of the molecule is CCCCC(C#N)(c1cccs1)C(C)C. The van der Waals surface area contributed by atoms with Gasteiger partial charge >= 0.3 is 0 Å². The van der Waals surface area contributed by atoms with Crippen LogP contribution in [-0.4, -0.2) is 0 Å². The van der Waals surface area contributed by atoms with Crippen molar-refractivity contribution in [3.05, 3.63) is 22.4 Å². The molecule has 1 aromatic heterocycles. The summed E-state index contributed by atoms with van der Waals surface area (Å²) in [5.41, 5.74) is -0.260. The van der Waals surface area contributed by atoms with E-state index in [1.807, 2.05) is 6.07 Å². The van der Waals surface area contributed by atoms with Crippen LogP contribution in [0.2, 0.25) is 0 Å². The number of thiophene rings is 1. The molecule has 15 heavy (non-hydrogen) atoms. The first kappa shape index (κ1) is 12.3. The molecule has 2 heteroatoms. The second-order valence-corrected chi connectivity index (χ2v) is 5.27. The van der Waals surface area contributed by atoms with Crippen molar-refractivity contribution in [1.82, 2.24) is 0 Å². The van der Waals surface area contributed by atoms with E-state index in [0.29, 0.717) is 5.92 Å². The molecule has 0 aromatic carbocycles. The van der Waals surface area contributed by atoms with E-state index in [9.17, 15) is 5.26 Å². The Bertz CT molecular complexity index is 321. The van der Waals surface area contributed by atoms with Gasteiger partial charge in [-0.15, -0.1) is 11.3 Å². The maximum atomic E-state index is 9.50. The minimum atomic E-state index is -0.260. The van der Waals surface area contributed by atoms with Crippen molar-refractivity contribution in [3.8, 4) is 6.07 Å². The predicted octanol–water partition coefficient (Wildman–Crippen LogP) is 4.36. The molecule has 1 unspecified atom stereocenters. The molecular weight excluding hydrogens is 202 g/mol. The monoisotopic (exact) mass is 221 g/mol. The van der Waals surface area contributed by atoms with Gasteiger partial charge in [0.05, 0.1) is 11.5 Å². The Kier molecular flexibility index (Phi) is 4.35. The van der Waals surface area contributed by atoms with E-state index >= 15 is 0 Å². The number of unbranched alkanes of at least 4 members (excludes halogenated alkanes) is 1. The average Bonchev–Trinajstić information content (AvgIpc) is 2.73. The van der Waals surface area contributed by atoms with Crippen molar-refractivity contribution in [2.24, 2.45) is 5.92 Å². The molecule has 1 heterocycles. The van der Waals surface area contributed by atoms with E-state index in [-0.39, 0.29) is 5.41 Å². The highest BCUT2D eigenvalue weighted by atomic mass is 32.1. The van der Waals surface area contributed by atoms with Crippen molar-refractivity contribution < 1.29 is 0 Å². The van der Waals surface area contributed by atoms with E-state index in [4.69, 9.17) is 0 Å². The van der Waals surface area contributed by atoms with Gasteiger partial charge in [-0.3, -0.25) is 0 Å². The zero-order valence-electron chi connectivity index (χ0n) is 9.79. The van der Waals surface area contributed by atoms with Crippen molar-refractivity contribution in [2.75, 3.05) is 0 Å². The lowest BCUT2D eigenvalue weighted by Crippen LogP contribution is -2.29. The third-order valence-corrected chi connectivity index (χ3v) is 4.12. The quantitative estimate of drug-likeness (QED) is 0.725. The first-order valence-electron chi connectivity index (χ1n) is 5.62. The summed E-state index contributed by atoms with van der Waals surface area (Å²) in [6, 6.07) is 6.71. The fourth-order valence-corrected chi connectivity index (χ4v) is 2.98. The fourth-order valence-electron chi connectivity index (χ4n) is 1.92. The van der Waals surface area contributed by atoms with Crippen molar-refractivity contribution in [3.63, 3.8) is 0 Å². The van der Waals surface area contributed by atoms with E-state index in [2.05, 4.69) is 38.3 Å². The van der Waals surface area contributed by atoms with Crippen LogP contribution in [-0.2, 0) is 5.41 Å². The molecule has 1 nitrogen and oxygen atoms in total. The van der Waals surface area contributed by atoms with Crippen LogP contribution in [0.5, 0.6) is 0 Å². The van der Waals surface area contributed by atoms with Gasteiger partial charge in [0.1, 0.15) is 0 Å². The first-order valence-corrected chi connectivity index (χ1v) is 6.50. The largest absolute Gasteiger partial charge is 0.197 e. The molecule has 82 valence electrons. The van der Waals surface area contributed by atoms with Gasteiger partial charge in [0.25, 0.3) is 0 Å². The summed E-state index contributed by atoms with van der Waals surface area (Å²) in [5.74, 6) is 0.382. The molecule has 0 aliphatic carbocycles. The van der Waals surface area contributed by atoms with Gasteiger partial charge in [0.2, 0.25) is 0 Å². The highest BCUT2D eigenvalue weighted by Crippen LogP contribution is 2.39. The molecule has 0 spiro atoms. The van der Waals surface area contributed by atoms with Crippen LogP contribution >= 0.6 is 11.3 Å². The van der Waals surface area contributed by atoms with Crippen LogP contribution < -0.4 is 0 Å². The first-order chi connectivity index (χ1) is 7.17. The maximum absolute atomic E-state index is 9.50. The Morgan fingerprint density at radius 2 is 2.27 bits per heavy atom. The van der Waals surface area contributed by atoms with Crippen LogP contribution in [0.1, 0.15) is 44.9 Å². The molecule has 0 radical (unpaired) electrons. The summed E-state index contributed by atoms with van der Waals surface area (Å²) in [4.78, 5) is 1.23. The molecule has 0 aliphatic rings. The van der Waals surface area contributed by atoms with E-state index in [1.54, 1.807) is 11.3 Å². The Morgan fingerprint density at radius 3 is 2.67 bits per heavy atom. The van der Waals surface area contributed by atoms with Gasteiger partial charge in [0.15, 0.2) is 0 Å². The zero-order chi connectivity index (χ0) is 11.3. The van der Waals surface area contributed by atoms with Crippen LogP contribution in [0.3, 0.4) is 0 Å². The van der Waals surface area contributed by atoms with Crippen LogP contribution in [0.4, 0.5) is 0 Å². The molecule has 0 aliphatic heterocycles. The smallest absolute Gasteiger partial charge is 0.0937 e. The Labute approximate surface area is 96.7 Å². The van der Waals surface area contributed by atoms with E-state index < -0.39 is 0 Å². The molecule has 1 aromatic rings. The minimum Gasteiger partial charge on any atom is -0.197 e. The summed E-state index contributed by atoms with van der Waals surface area (Å²) in [6.07, 6.45) is 3.27. The molecule has 0 amide bonds. The lowest BCUT2D eigenvalue weighted by molar-refractivity contribution is 0.364. The lowest BCUT2D eigenvalue weighted by Gasteiger charge is -2.29. The number of hydrogen-bond acceptors (Lipinski definition) is 2. The highest BCUT2D eigenvalue weighted by molar-refractivity contribution is 7.10. The normalized spacial score (nSPS) is 14.9. The lowest BCUT2D eigenvalue weighted by atomic mass is 9.73. The molecule has 0 saturated carbocycles. The molecule has 0 saturated heterocycles. The molecule has 0 N–H and O–H groups in total. The zero-order valence-corrected chi connectivity index (χ0v) is 10.6. The van der Waals surface area contributed by atoms with Crippen LogP contribution in [0, 0.1) is 17.2 Å². The highest BCUT2D eigenvalue weighted by Gasteiger charge is 2.36. The number of rotatable bonds is 5. The third kappa shape index (κ3) is 2.41. The van der Waals surface area contributed by atoms with Gasteiger partial charge in [-0.05, 0) is 23.8 Å². The van der Waals surface area contributed by atoms with E-state index in [1.165, 1.54) is 4.88 Å². The van der Waals surface area contributed by atoms with Gasteiger partial charge in [-0.25, -0.2) is 0 Å². The van der Waals surface area contributed by atoms with Gasteiger partial charge in [-0.2, -0.15) is 5.26 Å². The molecule has 1 atom stereocenters. The Morgan fingerprint density at radius 1 is 1.53 bits per heavy atom. The van der Waals surface area contributed by atoms with Gasteiger partial charge < -0.3 is 0 Å². The van der Waals surface area contributed by atoms with Crippen molar-refractivity contribution in [1.29, 1.82) is 5.26 Å². The third-order valence-electron chi connectivity index (χ3n) is 3.07. The average molecular weight is 221 g/mol. The van der Waals surface area contributed by atoms with E-state index in [0.717, 1.165) is 19.3 Å². The number of nitrogens with zero attached hydrogens (tertiary/aromatic N) is 1. The molecule has 1 rings (SSSR count). The standard InChI is InChI=1S/C13H19NS/c1-4-5-8-13(10-14,11(2)3)12-7-6-9-15-12/h6-7,9,11H,4-5,8H2,1-3H3. The minimum absolute atomic E-state index is 0.260. The Balaban J connectivity index is 3.00. The van der Waals surface area contributed by atoms with Gasteiger partial charge in [-0.1, -0.05) is 39.7 Å². The van der Waals surface area contributed by atoms with Crippen LogP contribution in [0.15, 0.2) is 17.5 Å². The number of nitriles is 1. The number of hydrogen-bond donors (Lipinski definition) is 0. The Hall–Kier alpha value is -0.810. The second kappa shape index (κ2) is 5.32. The molecule has 0 bridgehead atoms. The topological polar surface area (TPSA) is 23.8 Å². The molecular formula is C13H19NS. The maximum Gasteiger partial charge on any atom is 0.0937 e. The summed E-state index contributed by atoms with van der Waals surface area (Å²) < 4.78 is 0. The van der Waals surface area contributed by atoms with Crippen molar-refractivity contribution >= 4 is 11.3 Å². The van der Waals surface area contributed by atoms with Crippen LogP contribution in [0.25, 0.3) is 0 Å². The fraction of sp³-hybridized carbons (Fsp3) is 0.615. The molecule has 0 fully saturated rings.